The first-order chi connectivity index (χ1) is 10.2. The number of fused-ring (bicyclic) bond motifs is 1. The lowest BCUT2D eigenvalue weighted by Gasteiger charge is -2.18. The Morgan fingerprint density at radius 2 is 1.86 bits per heavy atom. The molecule has 1 aromatic heterocycles. The van der Waals surface area contributed by atoms with Gasteiger partial charge in [0.2, 0.25) is 0 Å². The van der Waals surface area contributed by atoms with Crippen molar-refractivity contribution in [1.29, 1.82) is 0 Å². The van der Waals surface area contributed by atoms with Crippen molar-refractivity contribution in [2.24, 2.45) is 0 Å². The number of benzene rings is 2. The fraction of sp³-hybridized carbons (Fsp3) is 0.263. The second-order valence-corrected chi connectivity index (χ2v) is 5.54. The van der Waals surface area contributed by atoms with Crippen LogP contribution in [0, 0.1) is 13.8 Å². The average Bonchev–Trinajstić information content (AvgIpc) is 2.89. The summed E-state index contributed by atoms with van der Waals surface area (Å²) in [6, 6.07) is 17.0. The number of aryl methyl sites for hydroxylation is 2. The Morgan fingerprint density at radius 1 is 1.05 bits per heavy atom. The second-order valence-electron chi connectivity index (χ2n) is 5.54. The van der Waals surface area contributed by atoms with Crippen LogP contribution in [-0.2, 0) is 0 Å². The summed E-state index contributed by atoms with van der Waals surface area (Å²) in [4.78, 5) is 0. The molecule has 2 nitrogen and oxygen atoms in total. The molecule has 0 amide bonds. The fourth-order valence-corrected chi connectivity index (χ4v) is 2.86. The molecule has 0 spiro atoms. The molecule has 1 N–H and O–H groups in total. The zero-order chi connectivity index (χ0) is 14.8. The van der Waals surface area contributed by atoms with Crippen molar-refractivity contribution in [3.05, 3.63) is 71.0 Å². The maximum absolute atomic E-state index is 6.06. The van der Waals surface area contributed by atoms with E-state index in [-0.39, 0.29) is 6.04 Å². The Kier molecular flexibility index (Phi) is 3.80. The molecule has 1 heterocycles. The van der Waals surface area contributed by atoms with Gasteiger partial charge in [0.1, 0.15) is 11.3 Å². The first-order valence-corrected chi connectivity index (χ1v) is 7.48. The molecule has 0 saturated heterocycles. The SMILES string of the molecule is CCNC(c1cc2ccccc2o1)c1ccc(C)cc1C. The molecule has 0 saturated carbocycles. The highest BCUT2D eigenvalue weighted by atomic mass is 16.3. The molecular weight excluding hydrogens is 258 g/mol. The van der Waals surface area contributed by atoms with E-state index in [1.165, 1.54) is 16.7 Å². The Labute approximate surface area is 125 Å². The summed E-state index contributed by atoms with van der Waals surface area (Å²) in [5.74, 6) is 0.977. The van der Waals surface area contributed by atoms with Gasteiger partial charge in [-0.25, -0.2) is 0 Å². The molecule has 0 aliphatic carbocycles. The average molecular weight is 279 g/mol. The van der Waals surface area contributed by atoms with Crippen molar-refractivity contribution in [2.45, 2.75) is 26.8 Å². The lowest BCUT2D eigenvalue weighted by Crippen LogP contribution is -2.22. The van der Waals surface area contributed by atoms with Gasteiger partial charge < -0.3 is 9.73 Å². The van der Waals surface area contributed by atoms with Crippen LogP contribution in [0.25, 0.3) is 11.0 Å². The summed E-state index contributed by atoms with van der Waals surface area (Å²) in [5, 5.41) is 4.70. The number of furan rings is 1. The highest BCUT2D eigenvalue weighted by Gasteiger charge is 2.19. The molecule has 0 aliphatic rings. The first-order valence-electron chi connectivity index (χ1n) is 7.48. The second kappa shape index (κ2) is 5.74. The maximum atomic E-state index is 6.06. The van der Waals surface area contributed by atoms with Crippen molar-refractivity contribution >= 4 is 11.0 Å². The van der Waals surface area contributed by atoms with Crippen molar-refractivity contribution in [3.63, 3.8) is 0 Å². The minimum absolute atomic E-state index is 0.1000. The zero-order valence-electron chi connectivity index (χ0n) is 12.8. The Morgan fingerprint density at radius 3 is 2.57 bits per heavy atom. The summed E-state index contributed by atoms with van der Waals surface area (Å²) in [6.45, 7) is 7.31. The minimum Gasteiger partial charge on any atom is -0.459 e. The predicted octanol–water partition coefficient (Wildman–Crippen LogP) is 4.75. The Bertz CT molecular complexity index is 724. The van der Waals surface area contributed by atoms with Crippen LogP contribution in [0.5, 0.6) is 0 Å². The van der Waals surface area contributed by atoms with Gasteiger partial charge in [0.05, 0.1) is 6.04 Å². The molecule has 0 bridgehead atoms. The molecule has 3 rings (SSSR count). The number of hydrogen-bond donors (Lipinski definition) is 1. The summed E-state index contributed by atoms with van der Waals surface area (Å²) in [5.41, 5.74) is 4.80. The van der Waals surface area contributed by atoms with Crippen molar-refractivity contribution < 1.29 is 4.42 Å². The third-order valence-corrected chi connectivity index (χ3v) is 3.87. The number of hydrogen-bond acceptors (Lipinski definition) is 2. The zero-order valence-corrected chi connectivity index (χ0v) is 12.8. The van der Waals surface area contributed by atoms with Gasteiger partial charge in [-0.1, -0.05) is 48.9 Å². The van der Waals surface area contributed by atoms with Gasteiger partial charge in [0, 0.05) is 5.39 Å². The van der Waals surface area contributed by atoms with Gasteiger partial charge in [0.25, 0.3) is 0 Å². The minimum atomic E-state index is 0.1000. The normalized spacial score (nSPS) is 12.7. The lowest BCUT2D eigenvalue weighted by molar-refractivity contribution is 0.476. The van der Waals surface area contributed by atoms with Gasteiger partial charge in [-0.3, -0.25) is 0 Å². The van der Waals surface area contributed by atoms with Gasteiger partial charge in [-0.05, 0) is 43.7 Å². The van der Waals surface area contributed by atoms with E-state index in [9.17, 15) is 0 Å². The highest BCUT2D eigenvalue weighted by molar-refractivity contribution is 5.78. The third-order valence-electron chi connectivity index (χ3n) is 3.87. The van der Waals surface area contributed by atoms with Crippen LogP contribution < -0.4 is 5.32 Å². The number of rotatable bonds is 4. The summed E-state index contributed by atoms with van der Waals surface area (Å²) in [6.07, 6.45) is 0. The van der Waals surface area contributed by atoms with Crippen LogP contribution in [-0.4, -0.2) is 6.54 Å². The van der Waals surface area contributed by atoms with Gasteiger partial charge >= 0.3 is 0 Å². The van der Waals surface area contributed by atoms with E-state index >= 15 is 0 Å². The molecule has 3 aromatic rings. The largest absolute Gasteiger partial charge is 0.459 e. The molecule has 2 heteroatoms. The highest BCUT2D eigenvalue weighted by Crippen LogP contribution is 2.30. The molecule has 0 radical (unpaired) electrons. The van der Waals surface area contributed by atoms with E-state index < -0.39 is 0 Å². The smallest absolute Gasteiger partial charge is 0.134 e. The van der Waals surface area contributed by atoms with Crippen LogP contribution in [0.2, 0.25) is 0 Å². The van der Waals surface area contributed by atoms with Crippen LogP contribution in [0.4, 0.5) is 0 Å². The lowest BCUT2D eigenvalue weighted by atomic mass is 9.97. The molecule has 0 fully saturated rings. The van der Waals surface area contributed by atoms with Crippen LogP contribution >= 0.6 is 0 Å². The molecule has 1 unspecified atom stereocenters. The number of para-hydroxylation sites is 1. The van der Waals surface area contributed by atoms with Gasteiger partial charge in [-0.15, -0.1) is 0 Å². The molecule has 1 atom stereocenters. The Hall–Kier alpha value is -2.06. The van der Waals surface area contributed by atoms with E-state index in [2.05, 4.69) is 56.4 Å². The van der Waals surface area contributed by atoms with E-state index in [0.29, 0.717) is 0 Å². The topological polar surface area (TPSA) is 25.2 Å². The van der Waals surface area contributed by atoms with E-state index in [1.54, 1.807) is 0 Å². The van der Waals surface area contributed by atoms with Crippen molar-refractivity contribution in [2.75, 3.05) is 6.54 Å². The predicted molar refractivity (Wildman–Crippen MR) is 87.6 cm³/mol. The van der Waals surface area contributed by atoms with Gasteiger partial charge in [0.15, 0.2) is 0 Å². The quantitative estimate of drug-likeness (QED) is 0.745. The molecule has 0 aliphatic heterocycles. The first kappa shape index (κ1) is 13.9. The monoisotopic (exact) mass is 279 g/mol. The summed E-state index contributed by atoms with van der Waals surface area (Å²) < 4.78 is 6.06. The third kappa shape index (κ3) is 2.72. The maximum Gasteiger partial charge on any atom is 0.134 e. The van der Waals surface area contributed by atoms with E-state index in [1.807, 2.05) is 18.2 Å². The van der Waals surface area contributed by atoms with Crippen molar-refractivity contribution in [3.8, 4) is 0 Å². The summed E-state index contributed by atoms with van der Waals surface area (Å²) in [7, 11) is 0. The molecular formula is C19H21NO. The summed E-state index contributed by atoms with van der Waals surface area (Å²) >= 11 is 0. The molecule has 108 valence electrons. The standard InChI is InChI=1S/C19H21NO/c1-4-20-19(16-10-9-13(2)11-14(16)3)18-12-15-7-5-6-8-17(15)21-18/h5-12,19-20H,4H2,1-3H3. The molecule has 21 heavy (non-hydrogen) atoms. The van der Waals surface area contributed by atoms with Crippen LogP contribution in [0.3, 0.4) is 0 Å². The number of nitrogens with one attached hydrogen (secondary N) is 1. The Balaban J connectivity index is 2.08. The van der Waals surface area contributed by atoms with E-state index in [0.717, 1.165) is 23.3 Å². The fourth-order valence-electron chi connectivity index (χ4n) is 2.86. The van der Waals surface area contributed by atoms with Crippen LogP contribution in [0.1, 0.15) is 35.4 Å². The van der Waals surface area contributed by atoms with Crippen LogP contribution in [0.15, 0.2) is 52.9 Å². The van der Waals surface area contributed by atoms with E-state index in [4.69, 9.17) is 4.42 Å². The van der Waals surface area contributed by atoms with Gasteiger partial charge in [-0.2, -0.15) is 0 Å². The molecule has 2 aromatic carbocycles. The van der Waals surface area contributed by atoms with Crippen molar-refractivity contribution in [1.82, 2.24) is 5.32 Å².